The Balaban J connectivity index is 2.18. The first-order chi connectivity index (χ1) is 6.79. The molecule has 76 valence electrons. The Morgan fingerprint density at radius 3 is 2.71 bits per heavy atom. The Bertz CT molecular complexity index is 284. The van der Waals surface area contributed by atoms with E-state index in [4.69, 9.17) is 0 Å². The number of likely N-dealkylation sites (tertiary alicyclic amines) is 1. The number of aliphatic hydroxyl groups is 1. The van der Waals surface area contributed by atoms with Crippen LogP contribution >= 0.6 is 0 Å². The third-order valence-electron chi connectivity index (χ3n) is 2.96. The van der Waals surface area contributed by atoms with Crippen LogP contribution in [0.4, 0.5) is 0 Å². The highest BCUT2D eigenvalue weighted by Gasteiger charge is 2.28. The number of nitrogens with zero attached hydrogens (tertiary/aromatic N) is 1. The van der Waals surface area contributed by atoms with Crippen molar-refractivity contribution in [3.8, 4) is 0 Å². The van der Waals surface area contributed by atoms with E-state index in [0.717, 1.165) is 13.0 Å². The van der Waals surface area contributed by atoms with Crippen molar-refractivity contribution in [2.75, 3.05) is 6.54 Å². The molecule has 1 fully saturated rings. The zero-order valence-corrected chi connectivity index (χ0v) is 8.56. The van der Waals surface area contributed by atoms with Crippen LogP contribution in [0.1, 0.15) is 31.4 Å². The van der Waals surface area contributed by atoms with Gasteiger partial charge in [0.15, 0.2) is 0 Å². The molecule has 2 heteroatoms. The van der Waals surface area contributed by atoms with Gasteiger partial charge in [0.1, 0.15) is 6.23 Å². The average molecular weight is 191 g/mol. The number of aliphatic hydroxyl groups excluding tert-OH is 1. The standard InChI is InChI=1S/C12H17NO/c1-10(14)13-9-5-8-12(13)11-6-3-2-4-7-11/h2-4,6-7,10,12,14H,5,8-9H2,1H3. The molecule has 1 N–H and O–H groups in total. The Kier molecular flexibility index (Phi) is 2.85. The molecule has 1 heterocycles. The monoisotopic (exact) mass is 191 g/mol. The van der Waals surface area contributed by atoms with Gasteiger partial charge < -0.3 is 5.11 Å². The van der Waals surface area contributed by atoms with Gasteiger partial charge in [0.2, 0.25) is 0 Å². The summed E-state index contributed by atoms with van der Waals surface area (Å²) in [6.07, 6.45) is 2.02. The van der Waals surface area contributed by atoms with Crippen LogP contribution in [0.3, 0.4) is 0 Å². The summed E-state index contributed by atoms with van der Waals surface area (Å²) in [5, 5.41) is 9.61. The molecule has 1 aliphatic heterocycles. The first-order valence-corrected chi connectivity index (χ1v) is 5.28. The van der Waals surface area contributed by atoms with Crippen LogP contribution < -0.4 is 0 Å². The van der Waals surface area contributed by atoms with E-state index < -0.39 is 0 Å². The average Bonchev–Trinajstić information content (AvgIpc) is 2.67. The van der Waals surface area contributed by atoms with E-state index in [0.29, 0.717) is 6.04 Å². The molecular formula is C12H17NO. The first kappa shape index (κ1) is 9.69. The van der Waals surface area contributed by atoms with Gasteiger partial charge >= 0.3 is 0 Å². The third-order valence-corrected chi connectivity index (χ3v) is 2.96. The predicted octanol–water partition coefficient (Wildman–Crippen LogP) is 2.16. The van der Waals surface area contributed by atoms with Crippen LogP contribution in [0.25, 0.3) is 0 Å². The lowest BCUT2D eigenvalue weighted by Gasteiger charge is -2.27. The van der Waals surface area contributed by atoms with Crippen LogP contribution in [0.2, 0.25) is 0 Å². The summed E-state index contributed by atoms with van der Waals surface area (Å²) >= 11 is 0. The van der Waals surface area contributed by atoms with Crippen LogP contribution in [-0.4, -0.2) is 22.8 Å². The van der Waals surface area contributed by atoms with Crippen molar-refractivity contribution >= 4 is 0 Å². The lowest BCUT2D eigenvalue weighted by Crippen LogP contribution is -2.32. The van der Waals surface area contributed by atoms with Crippen molar-refractivity contribution in [3.63, 3.8) is 0 Å². The van der Waals surface area contributed by atoms with Crippen molar-refractivity contribution in [2.24, 2.45) is 0 Å². The molecule has 0 saturated carbocycles. The highest BCUT2D eigenvalue weighted by atomic mass is 16.3. The van der Waals surface area contributed by atoms with Crippen molar-refractivity contribution in [1.82, 2.24) is 4.90 Å². The maximum atomic E-state index is 9.61. The predicted molar refractivity (Wildman–Crippen MR) is 56.8 cm³/mol. The van der Waals surface area contributed by atoms with Crippen LogP contribution in [0, 0.1) is 0 Å². The van der Waals surface area contributed by atoms with Crippen molar-refractivity contribution in [3.05, 3.63) is 35.9 Å². The van der Waals surface area contributed by atoms with E-state index in [2.05, 4.69) is 29.2 Å². The summed E-state index contributed by atoms with van der Waals surface area (Å²) < 4.78 is 0. The van der Waals surface area contributed by atoms with Gasteiger partial charge in [0.05, 0.1) is 0 Å². The fraction of sp³-hybridized carbons (Fsp3) is 0.500. The molecule has 2 unspecified atom stereocenters. The van der Waals surface area contributed by atoms with Crippen LogP contribution in [-0.2, 0) is 0 Å². The molecule has 2 nitrogen and oxygen atoms in total. The number of rotatable bonds is 2. The van der Waals surface area contributed by atoms with Gasteiger partial charge in [-0.2, -0.15) is 0 Å². The van der Waals surface area contributed by atoms with E-state index in [9.17, 15) is 5.11 Å². The zero-order chi connectivity index (χ0) is 9.97. The van der Waals surface area contributed by atoms with Gasteiger partial charge in [0.25, 0.3) is 0 Å². The molecule has 2 rings (SSSR count). The molecule has 0 spiro atoms. The molecule has 0 radical (unpaired) electrons. The van der Waals surface area contributed by atoms with Gasteiger partial charge in [-0.05, 0) is 25.3 Å². The lowest BCUT2D eigenvalue weighted by molar-refractivity contribution is 0.00917. The second-order valence-electron chi connectivity index (χ2n) is 3.94. The molecule has 1 saturated heterocycles. The molecular weight excluding hydrogens is 174 g/mol. The topological polar surface area (TPSA) is 23.5 Å². The summed E-state index contributed by atoms with van der Waals surface area (Å²) in [7, 11) is 0. The van der Waals surface area contributed by atoms with Gasteiger partial charge in [-0.25, -0.2) is 0 Å². The second kappa shape index (κ2) is 4.11. The Morgan fingerprint density at radius 2 is 2.07 bits per heavy atom. The highest BCUT2D eigenvalue weighted by Crippen LogP contribution is 2.32. The molecule has 14 heavy (non-hydrogen) atoms. The molecule has 0 aliphatic carbocycles. The van der Waals surface area contributed by atoms with Crippen molar-refractivity contribution in [2.45, 2.75) is 32.0 Å². The van der Waals surface area contributed by atoms with E-state index in [1.807, 2.05) is 13.0 Å². The SMILES string of the molecule is CC(O)N1CCCC1c1ccccc1. The quantitative estimate of drug-likeness (QED) is 0.774. The minimum absolute atomic E-state index is 0.331. The summed E-state index contributed by atoms with van der Waals surface area (Å²) in [6.45, 7) is 2.86. The number of hydrogen-bond donors (Lipinski definition) is 1. The first-order valence-electron chi connectivity index (χ1n) is 5.28. The second-order valence-corrected chi connectivity index (χ2v) is 3.94. The van der Waals surface area contributed by atoms with Crippen LogP contribution in [0.15, 0.2) is 30.3 Å². The maximum absolute atomic E-state index is 9.61. The van der Waals surface area contributed by atoms with Crippen LogP contribution in [0.5, 0.6) is 0 Å². The molecule has 1 aromatic rings. The lowest BCUT2D eigenvalue weighted by atomic mass is 10.0. The summed E-state index contributed by atoms with van der Waals surface area (Å²) in [4.78, 5) is 2.16. The van der Waals surface area contributed by atoms with E-state index in [1.54, 1.807) is 0 Å². The van der Waals surface area contributed by atoms with Crippen molar-refractivity contribution in [1.29, 1.82) is 0 Å². The molecule has 0 amide bonds. The minimum atomic E-state index is -0.331. The fourth-order valence-electron chi connectivity index (χ4n) is 2.27. The van der Waals surface area contributed by atoms with Gasteiger partial charge in [0, 0.05) is 12.6 Å². The smallest absolute Gasteiger partial charge is 0.105 e. The van der Waals surface area contributed by atoms with Gasteiger partial charge in [-0.3, -0.25) is 4.90 Å². The highest BCUT2D eigenvalue weighted by molar-refractivity contribution is 5.19. The summed E-state index contributed by atoms with van der Waals surface area (Å²) in [5.74, 6) is 0. The molecule has 1 aliphatic rings. The molecule has 2 atom stereocenters. The Labute approximate surface area is 85.2 Å². The zero-order valence-electron chi connectivity index (χ0n) is 8.56. The minimum Gasteiger partial charge on any atom is -0.379 e. The van der Waals surface area contributed by atoms with Crippen molar-refractivity contribution < 1.29 is 5.11 Å². The molecule has 0 bridgehead atoms. The van der Waals surface area contributed by atoms with E-state index >= 15 is 0 Å². The molecule has 0 aromatic heterocycles. The Hall–Kier alpha value is -0.860. The van der Waals surface area contributed by atoms with Gasteiger partial charge in [-0.1, -0.05) is 30.3 Å². The van der Waals surface area contributed by atoms with E-state index in [1.165, 1.54) is 12.0 Å². The normalized spacial score (nSPS) is 25.1. The maximum Gasteiger partial charge on any atom is 0.105 e. The fourth-order valence-corrected chi connectivity index (χ4v) is 2.27. The van der Waals surface area contributed by atoms with Gasteiger partial charge in [-0.15, -0.1) is 0 Å². The third kappa shape index (κ3) is 1.81. The van der Waals surface area contributed by atoms with E-state index in [-0.39, 0.29) is 6.23 Å². The molecule has 1 aromatic carbocycles. The largest absolute Gasteiger partial charge is 0.379 e. The number of hydrogen-bond acceptors (Lipinski definition) is 2. The Morgan fingerprint density at radius 1 is 1.36 bits per heavy atom. The number of benzene rings is 1. The summed E-state index contributed by atoms with van der Waals surface area (Å²) in [5.41, 5.74) is 1.32. The summed E-state index contributed by atoms with van der Waals surface area (Å²) in [6, 6.07) is 10.9.